The van der Waals surface area contributed by atoms with Crippen LogP contribution in [-0.4, -0.2) is 19.5 Å². The molecule has 0 bridgehead atoms. The average Bonchev–Trinajstić information content (AvgIpc) is 2.77. The monoisotopic (exact) mass is 506 g/mol. The normalized spacial score (nSPS) is 15.4. The van der Waals surface area contributed by atoms with Crippen LogP contribution in [-0.2, 0) is 20.8 Å². The van der Waals surface area contributed by atoms with Crippen molar-refractivity contribution in [1.29, 1.82) is 0 Å². The molecule has 1 aliphatic rings. The van der Waals surface area contributed by atoms with E-state index in [0.29, 0.717) is 12.0 Å². The largest absolute Gasteiger partial charge is 0.481 e. The number of hydrogen-bond acceptors (Lipinski definition) is 3. The Bertz CT molecular complexity index is 1330. The first-order valence-corrected chi connectivity index (χ1v) is 12.5. The summed E-state index contributed by atoms with van der Waals surface area (Å²) < 4.78 is 79.0. The predicted octanol–water partition coefficient (Wildman–Crippen LogP) is 6.70. The average molecular weight is 507 g/mol. The second-order valence-electron chi connectivity index (χ2n) is 8.75. The van der Waals surface area contributed by atoms with Gasteiger partial charge in [-0.2, -0.15) is 13.2 Å². The first kappa shape index (κ1) is 24.9. The third kappa shape index (κ3) is 5.40. The van der Waals surface area contributed by atoms with E-state index in [1.165, 1.54) is 30.3 Å². The van der Waals surface area contributed by atoms with Gasteiger partial charge < -0.3 is 5.11 Å². The summed E-state index contributed by atoms with van der Waals surface area (Å²) in [6, 6.07) is 12.6. The van der Waals surface area contributed by atoms with Gasteiger partial charge in [-0.1, -0.05) is 37.5 Å². The molecule has 1 aliphatic carbocycles. The number of sulfone groups is 1. The second kappa shape index (κ2) is 9.45. The fourth-order valence-corrected chi connectivity index (χ4v) is 5.53. The van der Waals surface area contributed by atoms with Crippen molar-refractivity contribution in [2.24, 2.45) is 5.92 Å². The zero-order valence-electron chi connectivity index (χ0n) is 18.4. The van der Waals surface area contributed by atoms with Gasteiger partial charge in [-0.05, 0) is 77.6 Å². The molecule has 35 heavy (non-hydrogen) atoms. The third-order valence-electron chi connectivity index (χ3n) is 6.40. The number of carboxylic acid groups (broad SMARTS) is 1. The molecule has 9 heteroatoms. The fourth-order valence-electron chi connectivity index (χ4n) is 4.19. The number of aliphatic carboxylic acids is 1. The van der Waals surface area contributed by atoms with Gasteiger partial charge in [0.25, 0.3) is 0 Å². The smallest absolute Gasteiger partial charge is 0.416 e. The molecular formula is C26H22F4O4S. The minimum atomic E-state index is -4.53. The van der Waals surface area contributed by atoms with Crippen LogP contribution in [0.1, 0.15) is 42.7 Å². The predicted molar refractivity (Wildman–Crippen MR) is 121 cm³/mol. The van der Waals surface area contributed by atoms with Crippen molar-refractivity contribution in [2.45, 2.75) is 47.6 Å². The van der Waals surface area contributed by atoms with E-state index in [-0.39, 0.29) is 26.8 Å². The van der Waals surface area contributed by atoms with Crippen LogP contribution in [0.4, 0.5) is 17.6 Å². The summed E-state index contributed by atoms with van der Waals surface area (Å²) in [7, 11) is -4.16. The number of benzene rings is 3. The summed E-state index contributed by atoms with van der Waals surface area (Å²) in [5.74, 6) is -2.49. The molecule has 1 saturated carbocycles. The van der Waals surface area contributed by atoms with Gasteiger partial charge in [-0.3, -0.25) is 4.79 Å². The summed E-state index contributed by atoms with van der Waals surface area (Å²) in [5, 5.41) is 9.91. The Morgan fingerprint density at radius 1 is 0.914 bits per heavy atom. The van der Waals surface area contributed by atoms with E-state index in [2.05, 4.69) is 0 Å². The topological polar surface area (TPSA) is 71.4 Å². The van der Waals surface area contributed by atoms with E-state index in [1.54, 1.807) is 0 Å². The molecular weight excluding hydrogens is 484 g/mol. The Morgan fingerprint density at radius 3 is 2.06 bits per heavy atom. The molecule has 0 spiro atoms. The highest BCUT2D eigenvalue weighted by Gasteiger charge is 2.31. The lowest BCUT2D eigenvalue weighted by Gasteiger charge is -2.28. The number of carbonyl (C=O) groups is 1. The maximum atomic E-state index is 13.4. The minimum Gasteiger partial charge on any atom is -0.481 e. The van der Waals surface area contributed by atoms with Crippen molar-refractivity contribution in [2.75, 3.05) is 0 Å². The van der Waals surface area contributed by atoms with E-state index >= 15 is 0 Å². The first-order chi connectivity index (χ1) is 16.4. The van der Waals surface area contributed by atoms with E-state index in [9.17, 15) is 35.9 Å². The van der Waals surface area contributed by atoms with E-state index < -0.39 is 39.3 Å². The van der Waals surface area contributed by atoms with Crippen LogP contribution >= 0.6 is 0 Å². The Kier molecular flexibility index (Phi) is 6.73. The van der Waals surface area contributed by atoms with E-state index in [4.69, 9.17) is 0 Å². The van der Waals surface area contributed by atoms with Gasteiger partial charge >= 0.3 is 12.1 Å². The molecule has 0 aromatic heterocycles. The van der Waals surface area contributed by atoms with Gasteiger partial charge in [0.1, 0.15) is 5.82 Å². The molecule has 0 aliphatic heterocycles. The van der Waals surface area contributed by atoms with Crippen molar-refractivity contribution in [1.82, 2.24) is 0 Å². The van der Waals surface area contributed by atoms with Gasteiger partial charge in [0.2, 0.25) is 9.84 Å². The third-order valence-corrected chi connectivity index (χ3v) is 8.15. The lowest BCUT2D eigenvalue weighted by atomic mass is 9.77. The number of carboxylic acids is 1. The Balaban J connectivity index is 1.85. The van der Waals surface area contributed by atoms with Crippen molar-refractivity contribution >= 4 is 15.8 Å². The molecule has 184 valence electrons. The van der Waals surface area contributed by atoms with Crippen LogP contribution in [0.5, 0.6) is 0 Å². The molecule has 4 nitrogen and oxygen atoms in total. The van der Waals surface area contributed by atoms with Crippen LogP contribution < -0.4 is 0 Å². The van der Waals surface area contributed by atoms with Gasteiger partial charge in [0.15, 0.2) is 0 Å². The quantitative estimate of drug-likeness (QED) is 0.286. The lowest BCUT2D eigenvalue weighted by molar-refractivity contribution is -0.139. The highest BCUT2D eigenvalue weighted by atomic mass is 32.2. The lowest BCUT2D eigenvalue weighted by Crippen LogP contribution is -2.20. The molecule has 0 heterocycles. The first-order valence-electron chi connectivity index (χ1n) is 11.0. The van der Waals surface area contributed by atoms with Gasteiger partial charge in [-0.25, -0.2) is 12.8 Å². The molecule has 0 amide bonds. The fraction of sp³-hybridized carbons (Fsp3) is 0.269. The molecule has 0 radical (unpaired) electrons. The van der Waals surface area contributed by atoms with Crippen LogP contribution in [0, 0.1) is 11.7 Å². The van der Waals surface area contributed by atoms with Crippen LogP contribution in [0.3, 0.4) is 0 Å². The summed E-state index contributed by atoms with van der Waals surface area (Å²) in [6.07, 6.45) is -1.41. The number of halogens is 4. The van der Waals surface area contributed by atoms with Crippen molar-refractivity contribution in [3.63, 3.8) is 0 Å². The van der Waals surface area contributed by atoms with Crippen LogP contribution in [0.2, 0.25) is 0 Å². The molecule has 1 unspecified atom stereocenters. The second-order valence-corrected chi connectivity index (χ2v) is 10.7. The highest BCUT2D eigenvalue weighted by Crippen LogP contribution is 2.39. The molecule has 3 aromatic rings. The molecule has 0 saturated heterocycles. The van der Waals surface area contributed by atoms with Gasteiger partial charge in [0.05, 0.1) is 21.3 Å². The van der Waals surface area contributed by atoms with Crippen molar-refractivity contribution in [3.8, 4) is 11.1 Å². The maximum Gasteiger partial charge on any atom is 0.416 e. The van der Waals surface area contributed by atoms with Crippen molar-refractivity contribution in [3.05, 3.63) is 83.7 Å². The summed E-state index contributed by atoms with van der Waals surface area (Å²) in [5.41, 5.74) is -0.0209. The maximum absolute atomic E-state index is 13.4. The standard InChI is InChI=1S/C26H22F4O4S/c27-21-8-10-22(11-9-21)35(33,34)23-14-18(17-4-6-20(7-5-17)26(28,29)30)13-19(15-23)24(25(31)32)12-16-2-1-3-16/h4-11,13-16,24H,1-3,12H2,(H,31,32). The van der Waals surface area contributed by atoms with Crippen LogP contribution in [0.25, 0.3) is 11.1 Å². The zero-order valence-corrected chi connectivity index (χ0v) is 19.2. The Labute approximate surface area is 200 Å². The van der Waals surface area contributed by atoms with Crippen molar-refractivity contribution < 1.29 is 35.9 Å². The Hall–Kier alpha value is -3.20. The minimum absolute atomic E-state index is 0.180. The number of rotatable bonds is 7. The molecule has 4 rings (SSSR count). The highest BCUT2D eigenvalue weighted by molar-refractivity contribution is 7.91. The molecule has 1 fully saturated rings. The molecule has 3 aromatic carbocycles. The van der Waals surface area contributed by atoms with E-state index in [1.807, 2.05) is 0 Å². The number of hydrogen-bond donors (Lipinski definition) is 1. The SMILES string of the molecule is O=C(O)C(CC1CCC1)c1cc(-c2ccc(C(F)(F)F)cc2)cc(S(=O)(=O)c2ccc(F)cc2)c1. The van der Waals surface area contributed by atoms with E-state index in [0.717, 1.165) is 55.7 Å². The summed E-state index contributed by atoms with van der Waals surface area (Å²) in [6.45, 7) is 0. The van der Waals surface area contributed by atoms with Gasteiger partial charge in [0, 0.05) is 0 Å². The van der Waals surface area contributed by atoms with Crippen LogP contribution in [0.15, 0.2) is 76.5 Å². The molecule has 1 atom stereocenters. The summed E-state index contributed by atoms with van der Waals surface area (Å²) in [4.78, 5) is 11.7. The number of alkyl halides is 3. The Morgan fingerprint density at radius 2 is 1.54 bits per heavy atom. The molecule has 1 N–H and O–H groups in total. The zero-order chi connectivity index (χ0) is 25.4. The summed E-state index contributed by atoms with van der Waals surface area (Å²) >= 11 is 0. The van der Waals surface area contributed by atoms with Gasteiger partial charge in [-0.15, -0.1) is 0 Å².